The highest BCUT2D eigenvalue weighted by Crippen LogP contribution is 2.17. The van der Waals surface area contributed by atoms with E-state index in [9.17, 15) is 19.8 Å². The molecular formula is C62H119NO5. The minimum Gasteiger partial charge on any atom is -0.466 e. The standard InChI is InChI=1S/C62H119NO5/c1-3-5-7-9-11-13-15-17-19-20-21-22-24-27-30-34-38-42-46-50-54-60(65)59(58-64)63-61(66)55-51-47-43-39-35-31-28-25-23-26-29-33-37-41-45-49-53-57-68-62(67)56-52-48-44-40-36-32-18-16-14-12-10-8-6-4-2/h16,18,50,54,59-60,64-65H,3-15,17,19-49,51-53,55-58H2,1-2H3,(H,63,66)/b18-16-,54-50+. The second-order valence-electron chi connectivity index (χ2n) is 21.0. The second kappa shape index (κ2) is 57.9. The Morgan fingerprint density at radius 1 is 0.397 bits per heavy atom. The van der Waals surface area contributed by atoms with Gasteiger partial charge in [0.15, 0.2) is 0 Å². The molecule has 2 atom stereocenters. The van der Waals surface area contributed by atoms with E-state index in [1.165, 1.54) is 263 Å². The molecule has 6 heteroatoms. The summed E-state index contributed by atoms with van der Waals surface area (Å²) >= 11 is 0. The fourth-order valence-corrected chi connectivity index (χ4v) is 9.51. The SMILES string of the molecule is CCCCCCC/C=C\CCCCCCCC(=O)OCCCCCCCCCCCCCCCCCCCC(=O)NC(CO)C(O)/C=C/CCCCCCCCCCCCCCCCCCCC. The first-order valence-electron chi connectivity index (χ1n) is 30.6. The van der Waals surface area contributed by atoms with Crippen LogP contribution in [0.2, 0.25) is 0 Å². The van der Waals surface area contributed by atoms with E-state index in [0.29, 0.717) is 19.4 Å². The number of ether oxygens (including phenoxy) is 1. The lowest BCUT2D eigenvalue weighted by Gasteiger charge is -2.20. The van der Waals surface area contributed by atoms with Crippen molar-refractivity contribution in [1.82, 2.24) is 5.32 Å². The highest BCUT2D eigenvalue weighted by atomic mass is 16.5. The van der Waals surface area contributed by atoms with Gasteiger partial charge in [-0.1, -0.05) is 289 Å². The molecule has 68 heavy (non-hydrogen) atoms. The number of amides is 1. The second-order valence-corrected chi connectivity index (χ2v) is 21.0. The summed E-state index contributed by atoms with van der Waals surface area (Å²) in [6.07, 6.45) is 70.6. The van der Waals surface area contributed by atoms with Crippen LogP contribution in [0, 0.1) is 0 Å². The molecule has 0 spiro atoms. The van der Waals surface area contributed by atoms with Crippen LogP contribution in [0.1, 0.15) is 335 Å². The lowest BCUT2D eigenvalue weighted by atomic mass is 10.0. The summed E-state index contributed by atoms with van der Waals surface area (Å²) < 4.78 is 5.47. The van der Waals surface area contributed by atoms with Crippen LogP contribution in [0.3, 0.4) is 0 Å². The summed E-state index contributed by atoms with van der Waals surface area (Å²) in [7, 11) is 0. The highest BCUT2D eigenvalue weighted by molar-refractivity contribution is 5.76. The number of esters is 1. The summed E-state index contributed by atoms with van der Waals surface area (Å²) in [6, 6.07) is -0.633. The van der Waals surface area contributed by atoms with E-state index < -0.39 is 12.1 Å². The molecule has 2 unspecified atom stereocenters. The van der Waals surface area contributed by atoms with Gasteiger partial charge in [-0.15, -0.1) is 0 Å². The Bertz CT molecular complexity index is 1060. The van der Waals surface area contributed by atoms with Crippen LogP contribution in [0.25, 0.3) is 0 Å². The summed E-state index contributed by atoms with van der Waals surface area (Å²) in [4.78, 5) is 24.5. The first-order valence-corrected chi connectivity index (χ1v) is 30.6. The van der Waals surface area contributed by atoms with Crippen molar-refractivity contribution in [3.8, 4) is 0 Å². The van der Waals surface area contributed by atoms with Crippen molar-refractivity contribution in [3.05, 3.63) is 24.3 Å². The van der Waals surface area contributed by atoms with Crippen molar-refractivity contribution in [2.75, 3.05) is 13.2 Å². The van der Waals surface area contributed by atoms with Crippen LogP contribution < -0.4 is 5.32 Å². The predicted octanol–water partition coefficient (Wildman–Crippen LogP) is 19.0. The van der Waals surface area contributed by atoms with Gasteiger partial charge in [0.2, 0.25) is 5.91 Å². The molecule has 0 aliphatic rings. The van der Waals surface area contributed by atoms with Crippen LogP contribution >= 0.6 is 0 Å². The maximum absolute atomic E-state index is 12.5. The molecule has 0 heterocycles. The molecule has 0 aliphatic heterocycles. The van der Waals surface area contributed by atoms with Crippen LogP contribution in [-0.2, 0) is 14.3 Å². The van der Waals surface area contributed by atoms with Crippen molar-refractivity contribution in [2.45, 2.75) is 347 Å². The van der Waals surface area contributed by atoms with Crippen molar-refractivity contribution >= 4 is 11.9 Å². The van der Waals surface area contributed by atoms with Gasteiger partial charge in [0.25, 0.3) is 0 Å². The minimum absolute atomic E-state index is 0.00359. The first-order chi connectivity index (χ1) is 33.5. The van der Waals surface area contributed by atoms with E-state index in [0.717, 1.165) is 44.9 Å². The third-order valence-electron chi connectivity index (χ3n) is 14.2. The number of aliphatic hydroxyl groups excluding tert-OH is 2. The zero-order chi connectivity index (χ0) is 49.3. The quantitative estimate of drug-likeness (QED) is 0.0321. The number of hydrogen-bond acceptors (Lipinski definition) is 5. The largest absolute Gasteiger partial charge is 0.466 e. The summed E-state index contributed by atoms with van der Waals surface area (Å²) in [5.74, 6) is -0.0742. The smallest absolute Gasteiger partial charge is 0.305 e. The lowest BCUT2D eigenvalue weighted by Crippen LogP contribution is -2.45. The number of carbonyl (C=O) groups excluding carboxylic acids is 2. The van der Waals surface area contributed by atoms with Gasteiger partial charge >= 0.3 is 5.97 Å². The predicted molar refractivity (Wildman–Crippen MR) is 296 cm³/mol. The molecule has 0 radical (unpaired) electrons. The Kier molecular flexibility index (Phi) is 56.5. The van der Waals surface area contributed by atoms with E-state index in [2.05, 4.69) is 31.3 Å². The molecule has 0 fully saturated rings. The van der Waals surface area contributed by atoms with Gasteiger partial charge in [-0.2, -0.15) is 0 Å². The molecule has 0 aromatic heterocycles. The van der Waals surface area contributed by atoms with Gasteiger partial charge in [-0.05, 0) is 57.8 Å². The fraction of sp³-hybridized carbons (Fsp3) is 0.903. The number of aliphatic hydroxyl groups is 2. The lowest BCUT2D eigenvalue weighted by molar-refractivity contribution is -0.143. The molecule has 0 aromatic rings. The van der Waals surface area contributed by atoms with Gasteiger partial charge in [0.1, 0.15) is 0 Å². The normalized spacial score (nSPS) is 12.7. The summed E-state index contributed by atoms with van der Waals surface area (Å²) in [5.41, 5.74) is 0. The highest BCUT2D eigenvalue weighted by Gasteiger charge is 2.18. The monoisotopic (exact) mass is 958 g/mol. The molecule has 0 bridgehead atoms. The minimum atomic E-state index is -0.849. The van der Waals surface area contributed by atoms with Crippen molar-refractivity contribution < 1.29 is 24.5 Å². The third kappa shape index (κ3) is 53.7. The van der Waals surface area contributed by atoms with E-state index in [-0.39, 0.29) is 18.5 Å². The Morgan fingerprint density at radius 2 is 0.691 bits per heavy atom. The van der Waals surface area contributed by atoms with Crippen LogP contribution in [0.5, 0.6) is 0 Å². The Hall–Kier alpha value is -1.66. The van der Waals surface area contributed by atoms with Gasteiger partial charge < -0.3 is 20.3 Å². The Balaban J connectivity index is 3.45. The van der Waals surface area contributed by atoms with Crippen molar-refractivity contribution in [2.24, 2.45) is 0 Å². The number of carbonyl (C=O) groups is 2. The van der Waals surface area contributed by atoms with Crippen LogP contribution in [0.15, 0.2) is 24.3 Å². The van der Waals surface area contributed by atoms with Gasteiger partial charge in [0.05, 0.1) is 25.4 Å². The molecule has 0 aliphatic carbocycles. The zero-order valence-corrected chi connectivity index (χ0v) is 45.9. The van der Waals surface area contributed by atoms with Crippen LogP contribution in [0.4, 0.5) is 0 Å². The molecule has 0 aromatic carbocycles. The average molecular weight is 959 g/mol. The Morgan fingerprint density at radius 3 is 1.04 bits per heavy atom. The van der Waals surface area contributed by atoms with E-state index in [4.69, 9.17) is 4.74 Å². The third-order valence-corrected chi connectivity index (χ3v) is 14.2. The van der Waals surface area contributed by atoms with E-state index >= 15 is 0 Å². The maximum Gasteiger partial charge on any atom is 0.305 e. The van der Waals surface area contributed by atoms with E-state index in [1.54, 1.807) is 6.08 Å². The topological polar surface area (TPSA) is 95.9 Å². The molecule has 0 saturated heterocycles. The fourth-order valence-electron chi connectivity index (χ4n) is 9.51. The van der Waals surface area contributed by atoms with Gasteiger partial charge in [-0.25, -0.2) is 0 Å². The van der Waals surface area contributed by atoms with E-state index in [1.807, 2.05) is 6.08 Å². The van der Waals surface area contributed by atoms with Gasteiger partial charge in [0, 0.05) is 12.8 Å². The van der Waals surface area contributed by atoms with Crippen molar-refractivity contribution in [3.63, 3.8) is 0 Å². The van der Waals surface area contributed by atoms with Crippen LogP contribution in [-0.4, -0.2) is 47.4 Å². The number of hydrogen-bond donors (Lipinski definition) is 3. The molecule has 0 saturated carbocycles. The summed E-state index contributed by atoms with van der Waals surface area (Å²) in [5, 5.41) is 23.2. The molecule has 402 valence electrons. The number of unbranched alkanes of at least 4 members (excludes halogenated alkanes) is 44. The molecule has 3 N–H and O–H groups in total. The zero-order valence-electron chi connectivity index (χ0n) is 45.9. The van der Waals surface area contributed by atoms with Crippen molar-refractivity contribution in [1.29, 1.82) is 0 Å². The average Bonchev–Trinajstić information content (AvgIpc) is 3.34. The number of nitrogens with one attached hydrogen (secondary N) is 1. The van der Waals surface area contributed by atoms with Gasteiger partial charge in [-0.3, -0.25) is 9.59 Å². The molecular weight excluding hydrogens is 839 g/mol. The molecule has 1 amide bonds. The summed E-state index contributed by atoms with van der Waals surface area (Å²) in [6.45, 7) is 4.90. The molecule has 6 nitrogen and oxygen atoms in total. The number of allylic oxidation sites excluding steroid dienone is 3. The first kappa shape index (κ1) is 66.3. The Labute approximate surface area is 424 Å². The number of rotatable bonds is 57. The maximum atomic E-state index is 12.5. The molecule has 0 rings (SSSR count).